The number of guanidine groups is 1. The summed E-state index contributed by atoms with van der Waals surface area (Å²) in [6, 6.07) is 0.700. The minimum absolute atomic E-state index is 0. The molecule has 2 rings (SSSR count). The molecule has 2 aliphatic rings. The number of likely N-dealkylation sites (tertiary alicyclic amines) is 2. The topological polar surface area (TPSA) is 89.5 Å². The van der Waals surface area contributed by atoms with Crippen LogP contribution in [0.15, 0.2) is 4.99 Å². The third-order valence-electron chi connectivity index (χ3n) is 5.84. The zero-order valence-corrected chi connectivity index (χ0v) is 22.8. The number of piperidine rings is 1. The number of halogens is 1. The molecular formula is C22H43IN6O3. The van der Waals surface area contributed by atoms with Crippen LogP contribution < -0.4 is 10.6 Å². The third-order valence-corrected chi connectivity index (χ3v) is 5.84. The smallest absolute Gasteiger partial charge is 0.409 e. The number of rotatable bonds is 8. The van der Waals surface area contributed by atoms with E-state index in [4.69, 9.17) is 4.74 Å². The Morgan fingerprint density at radius 2 is 1.84 bits per heavy atom. The van der Waals surface area contributed by atoms with Crippen LogP contribution in [0.25, 0.3) is 0 Å². The fourth-order valence-corrected chi connectivity index (χ4v) is 4.11. The molecule has 0 unspecified atom stereocenters. The van der Waals surface area contributed by atoms with Crippen LogP contribution in [0, 0.1) is 5.92 Å². The lowest BCUT2D eigenvalue weighted by atomic mass is 10.1. The molecule has 0 spiro atoms. The van der Waals surface area contributed by atoms with Crippen molar-refractivity contribution in [2.45, 2.75) is 58.5 Å². The van der Waals surface area contributed by atoms with Gasteiger partial charge in [0.15, 0.2) is 5.96 Å². The van der Waals surface area contributed by atoms with E-state index in [-0.39, 0.29) is 48.6 Å². The van der Waals surface area contributed by atoms with E-state index in [1.807, 2.05) is 6.92 Å². The summed E-state index contributed by atoms with van der Waals surface area (Å²) in [5, 5.41) is 6.97. The Kier molecular flexibility index (Phi) is 13.3. The second-order valence-corrected chi connectivity index (χ2v) is 9.12. The third kappa shape index (κ3) is 9.68. The molecule has 2 N–H and O–H groups in total. The van der Waals surface area contributed by atoms with E-state index in [1.54, 1.807) is 23.9 Å². The van der Waals surface area contributed by atoms with Gasteiger partial charge < -0.3 is 25.2 Å². The van der Waals surface area contributed by atoms with Gasteiger partial charge in [0.05, 0.1) is 6.61 Å². The number of ether oxygens (including phenoxy) is 1. The van der Waals surface area contributed by atoms with Crippen molar-refractivity contribution in [1.82, 2.24) is 25.3 Å². The fraction of sp³-hybridized carbons (Fsp3) is 0.864. The Balaban J connectivity index is 0.00000512. The number of carbonyl (C=O) groups is 2. The Hall–Kier alpha value is -1.30. The Morgan fingerprint density at radius 3 is 2.44 bits per heavy atom. The molecule has 0 aliphatic carbocycles. The predicted molar refractivity (Wildman–Crippen MR) is 139 cm³/mol. The van der Waals surface area contributed by atoms with Crippen molar-refractivity contribution in [3.05, 3.63) is 0 Å². The summed E-state index contributed by atoms with van der Waals surface area (Å²) < 4.78 is 5.10. The van der Waals surface area contributed by atoms with Gasteiger partial charge in [-0.05, 0) is 45.1 Å². The van der Waals surface area contributed by atoms with Crippen LogP contribution >= 0.6 is 24.0 Å². The summed E-state index contributed by atoms with van der Waals surface area (Å²) in [6.45, 7) is 11.2. The average Bonchev–Trinajstić information content (AvgIpc) is 3.16. The molecule has 0 aromatic carbocycles. The highest BCUT2D eigenvalue weighted by Gasteiger charge is 2.27. The monoisotopic (exact) mass is 566 g/mol. The zero-order chi connectivity index (χ0) is 22.8. The molecule has 2 heterocycles. The predicted octanol–water partition coefficient (Wildman–Crippen LogP) is 1.97. The highest BCUT2D eigenvalue weighted by molar-refractivity contribution is 14.0. The number of carbonyl (C=O) groups excluding carboxylic acids is 2. The lowest BCUT2D eigenvalue weighted by Gasteiger charge is -2.33. The molecule has 0 aromatic heterocycles. The van der Waals surface area contributed by atoms with E-state index in [1.165, 1.54) is 12.8 Å². The average molecular weight is 567 g/mol. The van der Waals surface area contributed by atoms with Gasteiger partial charge in [-0.1, -0.05) is 13.8 Å². The van der Waals surface area contributed by atoms with Gasteiger partial charge in [-0.2, -0.15) is 0 Å². The molecule has 1 atom stereocenters. The highest BCUT2D eigenvalue weighted by Crippen LogP contribution is 2.18. The fourth-order valence-electron chi connectivity index (χ4n) is 4.11. The van der Waals surface area contributed by atoms with Crippen molar-refractivity contribution < 1.29 is 14.3 Å². The molecular weight excluding hydrogens is 523 g/mol. The second kappa shape index (κ2) is 14.8. The summed E-state index contributed by atoms with van der Waals surface area (Å²) in [4.78, 5) is 34.4. The Bertz CT molecular complexity index is 608. The first kappa shape index (κ1) is 28.7. The number of nitrogens with one attached hydrogen (secondary N) is 2. The molecule has 32 heavy (non-hydrogen) atoms. The summed E-state index contributed by atoms with van der Waals surface area (Å²) in [5.41, 5.74) is 0. The molecule has 2 aliphatic heterocycles. The summed E-state index contributed by atoms with van der Waals surface area (Å²) in [7, 11) is 3.48. The second-order valence-electron chi connectivity index (χ2n) is 9.12. The quantitative estimate of drug-likeness (QED) is 0.266. The van der Waals surface area contributed by atoms with Gasteiger partial charge in [0.2, 0.25) is 5.91 Å². The number of hydrogen-bond donors (Lipinski definition) is 2. The van der Waals surface area contributed by atoms with Crippen molar-refractivity contribution in [3.8, 4) is 0 Å². The zero-order valence-electron chi connectivity index (χ0n) is 20.4. The van der Waals surface area contributed by atoms with Gasteiger partial charge in [0.25, 0.3) is 0 Å². The number of amides is 2. The lowest BCUT2D eigenvalue weighted by Crippen LogP contribution is -2.52. The normalized spacial score (nSPS) is 20.1. The first-order valence-corrected chi connectivity index (χ1v) is 11.7. The molecule has 0 aromatic rings. The van der Waals surface area contributed by atoms with E-state index in [0.717, 1.165) is 32.5 Å². The molecule has 186 valence electrons. The molecule has 9 nitrogen and oxygen atoms in total. The maximum Gasteiger partial charge on any atom is 0.409 e. The van der Waals surface area contributed by atoms with Gasteiger partial charge in [-0.25, -0.2) is 9.79 Å². The number of aliphatic imine (C=N–C) groups is 1. The van der Waals surface area contributed by atoms with E-state index in [9.17, 15) is 9.59 Å². The lowest BCUT2D eigenvalue weighted by molar-refractivity contribution is -0.127. The standard InChI is InChI=1S/C22H42N6O3.HI/c1-6-31-22(30)27-12-9-18(10-13-27)25-21(24-15-20(29)26(4)5)23-14-19-8-7-11-28(19)16-17(2)3;/h17-19H,6-16H2,1-5H3,(H2,23,24,25);1H/t19-;/m1./s1. The molecule has 0 radical (unpaired) electrons. The van der Waals surface area contributed by atoms with Gasteiger partial charge in [0, 0.05) is 52.4 Å². The van der Waals surface area contributed by atoms with Crippen LogP contribution in [0.4, 0.5) is 4.79 Å². The molecule has 0 bridgehead atoms. The van der Waals surface area contributed by atoms with E-state index in [2.05, 4.69) is 34.4 Å². The SMILES string of the molecule is CCOC(=O)N1CCC(NC(=NCC(=O)N(C)C)NC[C@H]2CCCN2CC(C)C)CC1.I. The van der Waals surface area contributed by atoms with Gasteiger partial charge in [-0.15, -0.1) is 24.0 Å². The van der Waals surface area contributed by atoms with Crippen molar-refractivity contribution in [2.75, 3.05) is 60.0 Å². The van der Waals surface area contributed by atoms with Gasteiger partial charge in [0.1, 0.15) is 6.54 Å². The van der Waals surface area contributed by atoms with Gasteiger partial charge in [-0.3, -0.25) is 9.69 Å². The van der Waals surface area contributed by atoms with Crippen LogP contribution in [-0.4, -0.2) is 105 Å². The van der Waals surface area contributed by atoms with E-state index >= 15 is 0 Å². The van der Waals surface area contributed by atoms with Gasteiger partial charge >= 0.3 is 6.09 Å². The number of likely N-dealkylation sites (N-methyl/N-ethyl adjacent to an activating group) is 1. The van der Waals surface area contributed by atoms with Crippen LogP contribution in [0.1, 0.15) is 46.5 Å². The molecule has 2 saturated heterocycles. The first-order valence-electron chi connectivity index (χ1n) is 11.7. The maximum atomic E-state index is 12.0. The van der Waals surface area contributed by atoms with E-state index in [0.29, 0.717) is 37.6 Å². The van der Waals surface area contributed by atoms with E-state index < -0.39 is 0 Å². The maximum absolute atomic E-state index is 12.0. The minimum atomic E-state index is -0.240. The van der Waals surface area contributed by atoms with Crippen LogP contribution in [0.5, 0.6) is 0 Å². The van der Waals surface area contributed by atoms with Crippen LogP contribution in [0.3, 0.4) is 0 Å². The number of hydrogen-bond acceptors (Lipinski definition) is 5. The largest absolute Gasteiger partial charge is 0.450 e. The summed E-state index contributed by atoms with van der Waals surface area (Å²) in [5.74, 6) is 1.30. The Morgan fingerprint density at radius 1 is 1.16 bits per heavy atom. The van der Waals surface area contributed by atoms with Crippen molar-refractivity contribution in [3.63, 3.8) is 0 Å². The minimum Gasteiger partial charge on any atom is -0.450 e. The summed E-state index contributed by atoms with van der Waals surface area (Å²) >= 11 is 0. The number of nitrogens with zero attached hydrogens (tertiary/aromatic N) is 4. The summed E-state index contributed by atoms with van der Waals surface area (Å²) in [6.07, 6.45) is 3.82. The molecule has 0 saturated carbocycles. The van der Waals surface area contributed by atoms with Crippen LogP contribution in [-0.2, 0) is 9.53 Å². The Labute approximate surface area is 210 Å². The van der Waals surface area contributed by atoms with Crippen molar-refractivity contribution in [2.24, 2.45) is 10.9 Å². The van der Waals surface area contributed by atoms with Crippen LogP contribution in [0.2, 0.25) is 0 Å². The molecule has 10 heteroatoms. The highest BCUT2D eigenvalue weighted by atomic mass is 127. The molecule has 2 fully saturated rings. The van der Waals surface area contributed by atoms with Crippen molar-refractivity contribution in [1.29, 1.82) is 0 Å². The van der Waals surface area contributed by atoms with Crippen molar-refractivity contribution >= 4 is 41.9 Å². The first-order chi connectivity index (χ1) is 14.8. The molecule has 2 amide bonds.